The van der Waals surface area contributed by atoms with Crippen molar-refractivity contribution in [3.8, 4) is 0 Å². The van der Waals surface area contributed by atoms with E-state index in [0.717, 1.165) is 43.1 Å². The molecule has 1 heterocycles. The van der Waals surface area contributed by atoms with E-state index in [1.807, 2.05) is 24.3 Å². The molecule has 4 heteroatoms. The molecule has 0 bridgehead atoms. The number of hydrogen-bond donors (Lipinski definition) is 2. The lowest BCUT2D eigenvalue weighted by Crippen LogP contribution is -2.34. The average Bonchev–Trinajstić information content (AvgIpc) is 2.53. The molecular formula is C17H21N3O. The van der Waals surface area contributed by atoms with Gasteiger partial charge in [-0.1, -0.05) is 18.2 Å². The second-order valence-corrected chi connectivity index (χ2v) is 5.87. The predicted molar refractivity (Wildman–Crippen MR) is 84.0 cm³/mol. The van der Waals surface area contributed by atoms with E-state index >= 15 is 0 Å². The van der Waals surface area contributed by atoms with Gasteiger partial charge in [-0.05, 0) is 43.7 Å². The van der Waals surface area contributed by atoms with Crippen molar-refractivity contribution in [3.63, 3.8) is 0 Å². The molecule has 3 rings (SSSR count). The van der Waals surface area contributed by atoms with Crippen molar-refractivity contribution >= 4 is 16.8 Å². The lowest BCUT2D eigenvalue weighted by atomic mass is 9.86. The molecule has 1 aromatic carbocycles. The number of hydrogen-bond acceptors (Lipinski definition) is 3. The van der Waals surface area contributed by atoms with Gasteiger partial charge in [-0.3, -0.25) is 9.78 Å². The second kappa shape index (κ2) is 6.22. The lowest BCUT2D eigenvalue weighted by molar-refractivity contribution is 0.0944. The highest BCUT2D eigenvalue weighted by Crippen LogP contribution is 2.22. The van der Waals surface area contributed by atoms with Crippen LogP contribution in [0.1, 0.15) is 36.0 Å². The SMILES string of the molecule is NC1CCC(CNC(=O)c2ccnc3ccccc23)CC1. The number of rotatable bonds is 3. The molecular weight excluding hydrogens is 262 g/mol. The van der Waals surface area contributed by atoms with Gasteiger partial charge in [-0.25, -0.2) is 0 Å². The van der Waals surface area contributed by atoms with E-state index in [-0.39, 0.29) is 5.91 Å². The molecule has 0 aliphatic heterocycles. The molecule has 0 spiro atoms. The Morgan fingerprint density at radius 3 is 2.76 bits per heavy atom. The van der Waals surface area contributed by atoms with Gasteiger partial charge in [0.25, 0.3) is 5.91 Å². The van der Waals surface area contributed by atoms with Gasteiger partial charge < -0.3 is 11.1 Å². The maximum atomic E-state index is 12.4. The van der Waals surface area contributed by atoms with Crippen LogP contribution in [-0.2, 0) is 0 Å². The quantitative estimate of drug-likeness (QED) is 0.909. The summed E-state index contributed by atoms with van der Waals surface area (Å²) in [5.41, 5.74) is 7.47. The highest BCUT2D eigenvalue weighted by Gasteiger charge is 2.19. The van der Waals surface area contributed by atoms with Crippen LogP contribution in [0.5, 0.6) is 0 Å². The third-order valence-corrected chi connectivity index (χ3v) is 4.34. The fourth-order valence-electron chi connectivity index (χ4n) is 3.02. The number of nitrogens with two attached hydrogens (primary N) is 1. The third kappa shape index (κ3) is 3.22. The maximum Gasteiger partial charge on any atom is 0.252 e. The van der Waals surface area contributed by atoms with E-state index in [1.165, 1.54) is 0 Å². The average molecular weight is 283 g/mol. The number of nitrogens with zero attached hydrogens (tertiary/aromatic N) is 1. The standard InChI is InChI=1S/C17H21N3O/c18-13-7-5-12(6-8-13)11-20-17(21)15-9-10-19-16-4-2-1-3-14(15)16/h1-4,9-10,12-13H,5-8,11,18H2,(H,20,21). The van der Waals surface area contributed by atoms with E-state index in [1.54, 1.807) is 12.3 Å². The minimum absolute atomic E-state index is 0.0107. The molecule has 1 aliphatic carbocycles. The topological polar surface area (TPSA) is 68.0 Å². The van der Waals surface area contributed by atoms with Crippen molar-refractivity contribution in [2.45, 2.75) is 31.7 Å². The Labute approximate surface area is 124 Å². The van der Waals surface area contributed by atoms with E-state index in [9.17, 15) is 4.79 Å². The number of benzene rings is 1. The number of para-hydroxylation sites is 1. The van der Waals surface area contributed by atoms with Gasteiger partial charge in [0, 0.05) is 24.2 Å². The van der Waals surface area contributed by atoms with Crippen molar-refractivity contribution < 1.29 is 4.79 Å². The van der Waals surface area contributed by atoms with Crippen LogP contribution >= 0.6 is 0 Å². The van der Waals surface area contributed by atoms with Crippen LogP contribution in [0.15, 0.2) is 36.5 Å². The number of pyridine rings is 1. The maximum absolute atomic E-state index is 12.4. The molecule has 0 atom stereocenters. The van der Waals surface area contributed by atoms with Crippen LogP contribution in [0.2, 0.25) is 0 Å². The van der Waals surface area contributed by atoms with Gasteiger partial charge in [-0.2, -0.15) is 0 Å². The number of amides is 1. The molecule has 1 saturated carbocycles. The van der Waals surface area contributed by atoms with Crippen molar-refractivity contribution in [2.75, 3.05) is 6.54 Å². The monoisotopic (exact) mass is 283 g/mol. The van der Waals surface area contributed by atoms with Gasteiger partial charge in [-0.15, -0.1) is 0 Å². The highest BCUT2D eigenvalue weighted by atomic mass is 16.1. The summed E-state index contributed by atoms with van der Waals surface area (Å²) in [6.45, 7) is 0.738. The smallest absolute Gasteiger partial charge is 0.252 e. The Hall–Kier alpha value is -1.94. The zero-order valence-electron chi connectivity index (χ0n) is 12.1. The summed E-state index contributed by atoms with van der Waals surface area (Å²) in [7, 11) is 0. The van der Waals surface area contributed by atoms with Crippen molar-refractivity contribution in [1.29, 1.82) is 0 Å². The first kappa shape index (κ1) is 14.0. The van der Waals surface area contributed by atoms with Crippen LogP contribution in [0, 0.1) is 5.92 Å². The van der Waals surface area contributed by atoms with Crippen LogP contribution in [-0.4, -0.2) is 23.5 Å². The van der Waals surface area contributed by atoms with Crippen LogP contribution in [0.3, 0.4) is 0 Å². The summed E-state index contributed by atoms with van der Waals surface area (Å²) in [6, 6.07) is 9.87. The number of carbonyl (C=O) groups is 1. The number of nitrogens with one attached hydrogen (secondary N) is 1. The summed E-state index contributed by atoms with van der Waals surface area (Å²) in [5.74, 6) is 0.547. The molecule has 0 radical (unpaired) electrons. The number of aromatic nitrogens is 1. The Morgan fingerprint density at radius 2 is 1.95 bits per heavy atom. The highest BCUT2D eigenvalue weighted by molar-refractivity contribution is 6.05. The van der Waals surface area contributed by atoms with Gasteiger partial charge in [0.2, 0.25) is 0 Å². The van der Waals surface area contributed by atoms with Gasteiger partial charge in [0.15, 0.2) is 0 Å². The zero-order chi connectivity index (χ0) is 14.7. The van der Waals surface area contributed by atoms with Gasteiger partial charge in [0.1, 0.15) is 0 Å². The Kier molecular flexibility index (Phi) is 4.15. The Balaban J connectivity index is 1.67. The molecule has 1 amide bonds. The first-order valence-electron chi connectivity index (χ1n) is 7.61. The molecule has 21 heavy (non-hydrogen) atoms. The minimum atomic E-state index is -0.0107. The van der Waals surface area contributed by atoms with Crippen molar-refractivity contribution in [2.24, 2.45) is 11.7 Å². The predicted octanol–water partition coefficient (Wildman–Crippen LogP) is 2.48. The molecule has 110 valence electrons. The summed E-state index contributed by atoms with van der Waals surface area (Å²) >= 11 is 0. The molecule has 1 aromatic heterocycles. The van der Waals surface area contributed by atoms with E-state index in [4.69, 9.17) is 5.73 Å². The molecule has 0 unspecified atom stereocenters. The molecule has 2 aromatic rings. The molecule has 1 fully saturated rings. The summed E-state index contributed by atoms with van der Waals surface area (Å²) in [6.07, 6.45) is 6.05. The van der Waals surface area contributed by atoms with E-state index in [0.29, 0.717) is 17.5 Å². The number of carbonyl (C=O) groups excluding carboxylic acids is 1. The third-order valence-electron chi connectivity index (χ3n) is 4.34. The van der Waals surface area contributed by atoms with Crippen LogP contribution < -0.4 is 11.1 Å². The lowest BCUT2D eigenvalue weighted by Gasteiger charge is -2.26. The first-order chi connectivity index (χ1) is 10.2. The normalized spacial score (nSPS) is 22.1. The molecule has 0 saturated heterocycles. The van der Waals surface area contributed by atoms with E-state index < -0.39 is 0 Å². The largest absolute Gasteiger partial charge is 0.352 e. The van der Waals surface area contributed by atoms with Crippen LogP contribution in [0.25, 0.3) is 10.9 Å². The van der Waals surface area contributed by atoms with Crippen LogP contribution in [0.4, 0.5) is 0 Å². The Morgan fingerprint density at radius 1 is 1.19 bits per heavy atom. The van der Waals surface area contributed by atoms with Gasteiger partial charge >= 0.3 is 0 Å². The van der Waals surface area contributed by atoms with Crippen molar-refractivity contribution in [1.82, 2.24) is 10.3 Å². The number of fused-ring (bicyclic) bond motifs is 1. The zero-order valence-corrected chi connectivity index (χ0v) is 12.1. The van der Waals surface area contributed by atoms with E-state index in [2.05, 4.69) is 10.3 Å². The summed E-state index contributed by atoms with van der Waals surface area (Å²) in [4.78, 5) is 16.7. The fourth-order valence-corrected chi connectivity index (χ4v) is 3.02. The summed E-state index contributed by atoms with van der Waals surface area (Å²) < 4.78 is 0. The van der Waals surface area contributed by atoms with Gasteiger partial charge in [0.05, 0.1) is 11.1 Å². The summed E-state index contributed by atoms with van der Waals surface area (Å²) in [5, 5.41) is 3.97. The first-order valence-corrected chi connectivity index (χ1v) is 7.61. The fraction of sp³-hybridized carbons (Fsp3) is 0.412. The van der Waals surface area contributed by atoms with Crippen molar-refractivity contribution in [3.05, 3.63) is 42.1 Å². The minimum Gasteiger partial charge on any atom is -0.352 e. The Bertz CT molecular complexity index is 627. The molecule has 4 nitrogen and oxygen atoms in total. The second-order valence-electron chi connectivity index (χ2n) is 5.87. The molecule has 3 N–H and O–H groups in total. The molecule has 1 aliphatic rings.